The average molecular weight is 225 g/mol. The molecule has 0 aliphatic heterocycles. The molecule has 0 fully saturated rings. The van der Waals surface area contributed by atoms with Gasteiger partial charge in [0.25, 0.3) is 0 Å². The van der Waals surface area contributed by atoms with Crippen molar-refractivity contribution in [2.24, 2.45) is 0 Å². The van der Waals surface area contributed by atoms with Crippen LogP contribution in [0.1, 0.15) is 32.3 Å². The molecule has 0 amide bonds. The second kappa shape index (κ2) is 6.48. The standard InChI is InChI=1S/C13H20FNO/c1-4-12(5-2)16-13-7-6-11(14)8-10(13)9-15-3/h6-8,12,15H,4-5,9H2,1-3H3. The van der Waals surface area contributed by atoms with Gasteiger partial charge in [-0.05, 0) is 38.1 Å². The van der Waals surface area contributed by atoms with Crippen molar-refractivity contribution in [1.29, 1.82) is 0 Å². The SMILES string of the molecule is CCC(CC)Oc1ccc(F)cc1CNC. The van der Waals surface area contributed by atoms with Crippen LogP contribution in [0.5, 0.6) is 5.75 Å². The fourth-order valence-corrected chi connectivity index (χ4v) is 1.63. The van der Waals surface area contributed by atoms with Crippen LogP contribution in [0.15, 0.2) is 18.2 Å². The highest BCUT2D eigenvalue weighted by Gasteiger charge is 2.09. The van der Waals surface area contributed by atoms with Gasteiger partial charge < -0.3 is 10.1 Å². The molecule has 0 spiro atoms. The summed E-state index contributed by atoms with van der Waals surface area (Å²) in [5.41, 5.74) is 0.870. The fourth-order valence-electron chi connectivity index (χ4n) is 1.63. The van der Waals surface area contributed by atoms with Gasteiger partial charge in [-0.3, -0.25) is 0 Å². The molecular formula is C13H20FNO. The molecule has 0 radical (unpaired) electrons. The zero-order chi connectivity index (χ0) is 12.0. The van der Waals surface area contributed by atoms with Crippen LogP contribution in [0.25, 0.3) is 0 Å². The second-order valence-corrected chi connectivity index (χ2v) is 3.84. The van der Waals surface area contributed by atoms with E-state index in [1.807, 2.05) is 7.05 Å². The second-order valence-electron chi connectivity index (χ2n) is 3.84. The molecule has 0 heterocycles. The highest BCUT2D eigenvalue weighted by atomic mass is 19.1. The summed E-state index contributed by atoms with van der Waals surface area (Å²) >= 11 is 0. The minimum absolute atomic E-state index is 0.209. The molecule has 0 saturated heterocycles. The van der Waals surface area contributed by atoms with Gasteiger partial charge in [0.2, 0.25) is 0 Å². The van der Waals surface area contributed by atoms with E-state index in [1.54, 1.807) is 6.07 Å². The molecule has 0 atom stereocenters. The first-order chi connectivity index (χ1) is 7.71. The molecule has 0 aliphatic rings. The Kier molecular flexibility index (Phi) is 5.26. The van der Waals surface area contributed by atoms with Gasteiger partial charge in [-0.1, -0.05) is 13.8 Å². The molecule has 3 heteroatoms. The van der Waals surface area contributed by atoms with Gasteiger partial charge in [0.1, 0.15) is 11.6 Å². The molecule has 0 saturated carbocycles. The average Bonchev–Trinajstić information content (AvgIpc) is 2.29. The number of nitrogens with one attached hydrogen (secondary N) is 1. The van der Waals surface area contributed by atoms with Crippen molar-refractivity contribution >= 4 is 0 Å². The minimum Gasteiger partial charge on any atom is -0.490 e. The van der Waals surface area contributed by atoms with E-state index in [-0.39, 0.29) is 11.9 Å². The smallest absolute Gasteiger partial charge is 0.124 e. The summed E-state index contributed by atoms with van der Waals surface area (Å²) in [5, 5.41) is 3.01. The number of benzene rings is 1. The first-order valence-electron chi connectivity index (χ1n) is 5.80. The number of halogens is 1. The van der Waals surface area contributed by atoms with Gasteiger partial charge in [0.15, 0.2) is 0 Å². The highest BCUT2D eigenvalue weighted by molar-refractivity contribution is 5.34. The summed E-state index contributed by atoms with van der Waals surface area (Å²) < 4.78 is 18.9. The lowest BCUT2D eigenvalue weighted by molar-refractivity contribution is 0.190. The van der Waals surface area contributed by atoms with Crippen molar-refractivity contribution in [3.05, 3.63) is 29.6 Å². The number of hydrogen-bond donors (Lipinski definition) is 1. The van der Waals surface area contributed by atoms with E-state index in [0.717, 1.165) is 24.2 Å². The molecule has 0 aromatic heterocycles. The molecule has 0 aliphatic carbocycles. The quantitative estimate of drug-likeness (QED) is 0.803. The van der Waals surface area contributed by atoms with E-state index >= 15 is 0 Å². The van der Waals surface area contributed by atoms with Crippen molar-refractivity contribution in [2.45, 2.75) is 39.3 Å². The predicted octanol–water partition coefficient (Wildman–Crippen LogP) is 3.11. The topological polar surface area (TPSA) is 21.3 Å². The lowest BCUT2D eigenvalue weighted by atomic mass is 10.1. The van der Waals surface area contributed by atoms with E-state index in [9.17, 15) is 4.39 Å². The maximum Gasteiger partial charge on any atom is 0.124 e. The normalized spacial score (nSPS) is 10.8. The Morgan fingerprint density at radius 1 is 1.31 bits per heavy atom. The van der Waals surface area contributed by atoms with Crippen molar-refractivity contribution in [1.82, 2.24) is 5.32 Å². The summed E-state index contributed by atoms with van der Waals surface area (Å²) in [6.07, 6.45) is 2.14. The minimum atomic E-state index is -0.220. The molecule has 0 bridgehead atoms. The largest absolute Gasteiger partial charge is 0.490 e. The van der Waals surface area contributed by atoms with Crippen LogP contribution in [0.4, 0.5) is 4.39 Å². The summed E-state index contributed by atoms with van der Waals surface area (Å²) in [6, 6.07) is 4.67. The molecule has 1 N–H and O–H groups in total. The van der Waals surface area contributed by atoms with Gasteiger partial charge in [0, 0.05) is 12.1 Å². The van der Waals surface area contributed by atoms with E-state index in [0.29, 0.717) is 6.54 Å². The molecular weight excluding hydrogens is 205 g/mol. The van der Waals surface area contributed by atoms with Crippen LogP contribution in [0, 0.1) is 5.82 Å². The molecule has 1 aromatic rings. The van der Waals surface area contributed by atoms with Gasteiger partial charge in [-0.2, -0.15) is 0 Å². The number of rotatable bonds is 6. The highest BCUT2D eigenvalue weighted by Crippen LogP contribution is 2.22. The lowest BCUT2D eigenvalue weighted by Gasteiger charge is -2.18. The van der Waals surface area contributed by atoms with Crippen LogP contribution in [0.2, 0.25) is 0 Å². The zero-order valence-electron chi connectivity index (χ0n) is 10.2. The maximum absolute atomic E-state index is 13.1. The van der Waals surface area contributed by atoms with Crippen molar-refractivity contribution in [3.63, 3.8) is 0 Å². The monoisotopic (exact) mass is 225 g/mol. The van der Waals surface area contributed by atoms with Crippen LogP contribution < -0.4 is 10.1 Å². The van der Waals surface area contributed by atoms with Gasteiger partial charge in [0.05, 0.1) is 6.10 Å². The van der Waals surface area contributed by atoms with Gasteiger partial charge >= 0.3 is 0 Å². The summed E-state index contributed by atoms with van der Waals surface area (Å²) in [6.45, 7) is 4.80. The zero-order valence-corrected chi connectivity index (χ0v) is 10.2. The molecule has 90 valence electrons. The predicted molar refractivity (Wildman–Crippen MR) is 64.2 cm³/mol. The molecule has 1 aromatic carbocycles. The number of hydrogen-bond acceptors (Lipinski definition) is 2. The summed E-state index contributed by atoms with van der Waals surface area (Å²) in [5.74, 6) is 0.562. The fraction of sp³-hybridized carbons (Fsp3) is 0.538. The Hall–Kier alpha value is -1.09. The van der Waals surface area contributed by atoms with Gasteiger partial charge in [-0.25, -0.2) is 4.39 Å². The van der Waals surface area contributed by atoms with Crippen LogP contribution in [-0.4, -0.2) is 13.2 Å². The Morgan fingerprint density at radius 3 is 2.56 bits per heavy atom. The Labute approximate surface area is 96.8 Å². The van der Waals surface area contributed by atoms with Crippen LogP contribution in [0.3, 0.4) is 0 Å². The van der Waals surface area contributed by atoms with E-state index in [1.165, 1.54) is 12.1 Å². The van der Waals surface area contributed by atoms with E-state index in [2.05, 4.69) is 19.2 Å². The summed E-state index contributed by atoms with van der Waals surface area (Å²) in [7, 11) is 1.84. The maximum atomic E-state index is 13.1. The molecule has 1 rings (SSSR count). The Balaban J connectivity index is 2.84. The van der Waals surface area contributed by atoms with Crippen LogP contribution in [-0.2, 0) is 6.54 Å². The van der Waals surface area contributed by atoms with Crippen molar-refractivity contribution < 1.29 is 9.13 Å². The van der Waals surface area contributed by atoms with Crippen molar-refractivity contribution in [2.75, 3.05) is 7.05 Å². The van der Waals surface area contributed by atoms with E-state index < -0.39 is 0 Å². The Bertz CT molecular complexity index is 324. The number of ether oxygens (including phenoxy) is 1. The van der Waals surface area contributed by atoms with Gasteiger partial charge in [-0.15, -0.1) is 0 Å². The summed E-state index contributed by atoms with van der Waals surface area (Å²) in [4.78, 5) is 0. The first-order valence-corrected chi connectivity index (χ1v) is 5.80. The van der Waals surface area contributed by atoms with Crippen LogP contribution >= 0.6 is 0 Å². The van der Waals surface area contributed by atoms with Crippen molar-refractivity contribution in [3.8, 4) is 5.75 Å². The third-order valence-corrected chi connectivity index (χ3v) is 2.59. The molecule has 0 unspecified atom stereocenters. The Morgan fingerprint density at radius 2 is 2.00 bits per heavy atom. The molecule has 16 heavy (non-hydrogen) atoms. The first kappa shape index (κ1) is 13.0. The lowest BCUT2D eigenvalue weighted by Crippen LogP contribution is -2.16. The van der Waals surface area contributed by atoms with E-state index in [4.69, 9.17) is 4.74 Å². The third-order valence-electron chi connectivity index (χ3n) is 2.59. The molecule has 2 nitrogen and oxygen atoms in total. The third kappa shape index (κ3) is 3.49.